The molecule has 182 valence electrons. The van der Waals surface area contributed by atoms with E-state index in [1.165, 1.54) is 46.8 Å². The summed E-state index contributed by atoms with van der Waals surface area (Å²) < 4.78 is 27.4. The first kappa shape index (κ1) is 25.6. The maximum absolute atomic E-state index is 12.6. The normalized spacial score (nSPS) is 10.5. The monoisotopic (exact) mass is 542 g/mol. The van der Waals surface area contributed by atoms with Crippen molar-refractivity contribution in [2.45, 2.75) is 0 Å². The first-order valence-electron chi connectivity index (χ1n) is 10.2. The fourth-order valence-corrected chi connectivity index (χ4v) is 3.30. The van der Waals surface area contributed by atoms with Gasteiger partial charge in [-0.1, -0.05) is 15.9 Å². The van der Waals surface area contributed by atoms with Crippen molar-refractivity contribution in [1.82, 2.24) is 5.43 Å². The Morgan fingerprint density at radius 2 is 1.40 bits per heavy atom. The van der Waals surface area contributed by atoms with Gasteiger partial charge in [0.15, 0.2) is 23.0 Å². The van der Waals surface area contributed by atoms with E-state index >= 15 is 0 Å². The van der Waals surface area contributed by atoms with E-state index in [9.17, 15) is 9.59 Å². The third-order valence-electron chi connectivity index (χ3n) is 4.78. The van der Waals surface area contributed by atoms with Crippen LogP contribution in [0.15, 0.2) is 64.2 Å². The molecule has 0 unspecified atom stereocenters. The van der Waals surface area contributed by atoms with Crippen LogP contribution in [0.5, 0.6) is 28.7 Å². The van der Waals surface area contributed by atoms with E-state index in [2.05, 4.69) is 26.5 Å². The van der Waals surface area contributed by atoms with Crippen molar-refractivity contribution in [3.8, 4) is 28.7 Å². The largest absolute Gasteiger partial charge is 0.493 e. The van der Waals surface area contributed by atoms with Gasteiger partial charge >= 0.3 is 5.97 Å². The number of amides is 1. The molecule has 0 spiro atoms. The average molecular weight is 543 g/mol. The Bertz CT molecular complexity index is 1220. The van der Waals surface area contributed by atoms with Crippen molar-refractivity contribution < 1.29 is 33.3 Å². The predicted octanol–water partition coefficient (Wildman–Crippen LogP) is 4.47. The van der Waals surface area contributed by atoms with Crippen molar-refractivity contribution in [3.63, 3.8) is 0 Å². The number of benzene rings is 3. The number of nitrogens with one attached hydrogen (secondary N) is 1. The average Bonchev–Trinajstić information content (AvgIpc) is 2.88. The number of halogens is 1. The molecule has 0 aliphatic rings. The summed E-state index contributed by atoms with van der Waals surface area (Å²) in [6.07, 6.45) is 1.43. The van der Waals surface area contributed by atoms with Crippen LogP contribution in [0.3, 0.4) is 0 Å². The van der Waals surface area contributed by atoms with E-state index < -0.39 is 11.9 Å². The Labute approximate surface area is 210 Å². The minimum Gasteiger partial charge on any atom is -0.493 e. The van der Waals surface area contributed by atoms with E-state index in [1.807, 2.05) is 0 Å². The van der Waals surface area contributed by atoms with Gasteiger partial charge in [0.05, 0.1) is 40.2 Å². The molecule has 35 heavy (non-hydrogen) atoms. The second-order valence-corrected chi connectivity index (χ2v) is 7.84. The number of carbonyl (C=O) groups is 2. The molecule has 0 heterocycles. The number of methoxy groups -OCH3 is 4. The van der Waals surface area contributed by atoms with Crippen molar-refractivity contribution in [2.75, 3.05) is 28.4 Å². The summed E-state index contributed by atoms with van der Waals surface area (Å²) in [5.74, 6) is 0.651. The van der Waals surface area contributed by atoms with Crippen LogP contribution in [0.4, 0.5) is 0 Å². The van der Waals surface area contributed by atoms with Crippen LogP contribution < -0.4 is 29.1 Å². The number of carbonyl (C=O) groups excluding carboxylic acids is 2. The topological polar surface area (TPSA) is 105 Å². The minimum absolute atomic E-state index is 0.249. The molecule has 0 aromatic heterocycles. The zero-order valence-corrected chi connectivity index (χ0v) is 21.0. The second kappa shape index (κ2) is 11.9. The summed E-state index contributed by atoms with van der Waals surface area (Å²) in [4.78, 5) is 25.0. The molecule has 0 radical (unpaired) electrons. The van der Waals surface area contributed by atoms with Gasteiger partial charge in [-0.15, -0.1) is 0 Å². The van der Waals surface area contributed by atoms with Gasteiger partial charge in [0.1, 0.15) is 0 Å². The van der Waals surface area contributed by atoms with Crippen LogP contribution in [0, 0.1) is 0 Å². The molecular formula is C25H23BrN2O7. The number of hydrazone groups is 1. The Kier molecular flexibility index (Phi) is 8.69. The highest BCUT2D eigenvalue weighted by molar-refractivity contribution is 9.10. The molecule has 3 rings (SSSR count). The first-order valence-corrected chi connectivity index (χ1v) is 11.0. The molecule has 0 saturated carbocycles. The molecule has 0 fully saturated rings. The molecule has 0 saturated heterocycles. The molecule has 3 aromatic carbocycles. The third-order valence-corrected chi connectivity index (χ3v) is 5.31. The SMILES string of the molecule is COc1cc(C=NNC(=O)c2cc(OC)c(OC)c(OC)c2)ccc1OC(=O)c1ccc(Br)cc1. The minimum atomic E-state index is -0.519. The Morgan fingerprint density at radius 3 is 1.97 bits per heavy atom. The molecular weight excluding hydrogens is 520 g/mol. The van der Waals surface area contributed by atoms with Gasteiger partial charge in [-0.3, -0.25) is 4.79 Å². The Morgan fingerprint density at radius 1 is 0.771 bits per heavy atom. The lowest BCUT2D eigenvalue weighted by molar-refractivity contribution is 0.0729. The number of hydrogen-bond donors (Lipinski definition) is 1. The van der Waals surface area contributed by atoms with Gasteiger partial charge < -0.3 is 23.7 Å². The smallest absolute Gasteiger partial charge is 0.343 e. The number of esters is 1. The number of ether oxygens (including phenoxy) is 5. The standard InChI is InChI=1S/C25H23BrN2O7/c1-31-20-11-15(5-10-19(20)35-25(30)16-6-8-18(26)9-7-16)14-27-28-24(29)17-12-21(32-2)23(34-4)22(13-17)33-3/h5-14H,1-4H3,(H,28,29). The lowest BCUT2D eigenvalue weighted by Crippen LogP contribution is -2.18. The molecule has 1 N–H and O–H groups in total. The van der Waals surface area contributed by atoms with Crippen LogP contribution in [-0.2, 0) is 0 Å². The highest BCUT2D eigenvalue weighted by Crippen LogP contribution is 2.38. The van der Waals surface area contributed by atoms with Gasteiger partial charge in [0, 0.05) is 10.0 Å². The van der Waals surface area contributed by atoms with E-state index in [-0.39, 0.29) is 11.3 Å². The maximum Gasteiger partial charge on any atom is 0.343 e. The highest BCUT2D eigenvalue weighted by Gasteiger charge is 2.17. The summed E-state index contributed by atoms with van der Waals surface area (Å²) >= 11 is 3.33. The van der Waals surface area contributed by atoms with Gasteiger partial charge in [0.25, 0.3) is 5.91 Å². The number of hydrogen-bond acceptors (Lipinski definition) is 8. The van der Waals surface area contributed by atoms with Crippen molar-refractivity contribution in [3.05, 3.63) is 75.8 Å². The predicted molar refractivity (Wildman–Crippen MR) is 133 cm³/mol. The molecule has 0 bridgehead atoms. The molecule has 0 aliphatic carbocycles. The van der Waals surface area contributed by atoms with Gasteiger partial charge in [0.2, 0.25) is 5.75 Å². The molecule has 0 atom stereocenters. The van der Waals surface area contributed by atoms with Crippen LogP contribution in [0.25, 0.3) is 0 Å². The van der Waals surface area contributed by atoms with Crippen LogP contribution in [0.2, 0.25) is 0 Å². The van der Waals surface area contributed by atoms with E-state index in [4.69, 9.17) is 23.7 Å². The maximum atomic E-state index is 12.6. The quantitative estimate of drug-likeness (QED) is 0.184. The van der Waals surface area contributed by atoms with Crippen LogP contribution in [-0.4, -0.2) is 46.5 Å². The van der Waals surface area contributed by atoms with E-state index in [1.54, 1.807) is 42.5 Å². The van der Waals surface area contributed by atoms with E-state index in [0.717, 1.165) is 4.47 Å². The van der Waals surface area contributed by atoms with Crippen LogP contribution >= 0.6 is 15.9 Å². The Balaban J connectivity index is 1.71. The van der Waals surface area contributed by atoms with Crippen LogP contribution in [0.1, 0.15) is 26.3 Å². The highest BCUT2D eigenvalue weighted by atomic mass is 79.9. The summed E-state index contributed by atoms with van der Waals surface area (Å²) in [5.41, 5.74) is 3.72. The summed E-state index contributed by atoms with van der Waals surface area (Å²) in [6, 6.07) is 14.7. The first-order chi connectivity index (χ1) is 16.9. The summed E-state index contributed by atoms with van der Waals surface area (Å²) in [5, 5.41) is 3.99. The zero-order valence-electron chi connectivity index (χ0n) is 19.5. The molecule has 3 aromatic rings. The number of rotatable bonds is 9. The second-order valence-electron chi connectivity index (χ2n) is 6.92. The van der Waals surface area contributed by atoms with Crippen molar-refractivity contribution in [1.29, 1.82) is 0 Å². The fraction of sp³-hybridized carbons (Fsp3) is 0.160. The lowest BCUT2D eigenvalue weighted by atomic mass is 10.1. The van der Waals surface area contributed by atoms with Gasteiger partial charge in [-0.05, 0) is 60.2 Å². The lowest BCUT2D eigenvalue weighted by Gasteiger charge is -2.13. The van der Waals surface area contributed by atoms with Gasteiger partial charge in [-0.25, -0.2) is 10.2 Å². The molecule has 0 aliphatic heterocycles. The molecule has 10 heteroatoms. The number of nitrogens with zero attached hydrogens (tertiary/aromatic N) is 1. The fourth-order valence-electron chi connectivity index (χ4n) is 3.04. The third kappa shape index (κ3) is 6.30. The molecule has 1 amide bonds. The molecule has 9 nitrogen and oxygen atoms in total. The Hall–Kier alpha value is -4.05. The van der Waals surface area contributed by atoms with Gasteiger partial charge in [-0.2, -0.15) is 5.10 Å². The zero-order chi connectivity index (χ0) is 25.4. The summed E-state index contributed by atoms with van der Waals surface area (Å²) in [6.45, 7) is 0. The van der Waals surface area contributed by atoms with Crippen molar-refractivity contribution in [2.24, 2.45) is 5.10 Å². The summed E-state index contributed by atoms with van der Waals surface area (Å²) in [7, 11) is 5.86. The van der Waals surface area contributed by atoms with Crippen molar-refractivity contribution >= 4 is 34.0 Å². The van der Waals surface area contributed by atoms with E-state index in [0.29, 0.717) is 34.1 Å².